The summed E-state index contributed by atoms with van der Waals surface area (Å²) < 4.78 is 5.30. The van der Waals surface area contributed by atoms with E-state index in [4.69, 9.17) is 10.5 Å². The first-order valence-corrected chi connectivity index (χ1v) is 8.14. The average molecular weight is 322 g/mol. The van der Waals surface area contributed by atoms with Crippen LogP contribution in [0.15, 0.2) is 24.3 Å². The highest BCUT2D eigenvalue weighted by Gasteiger charge is 2.26. The van der Waals surface area contributed by atoms with Crippen LogP contribution < -0.4 is 11.1 Å². The second kappa shape index (κ2) is 8.31. The van der Waals surface area contributed by atoms with E-state index >= 15 is 0 Å². The van der Waals surface area contributed by atoms with Gasteiger partial charge in [0, 0.05) is 11.6 Å². The Hall–Kier alpha value is -1.59. The molecule has 1 aromatic carbocycles. The number of carbonyl (C=O) groups is 1. The van der Waals surface area contributed by atoms with Gasteiger partial charge in [0.1, 0.15) is 18.4 Å². The zero-order chi connectivity index (χ0) is 17.6. The molecule has 130 valence electrons. The fourth-order valence-electron chi connectivity index (χ4n) is 2.57. The number of hydrogen-bond acceptors (Lipinski definition) is 5. The Morgan fingerprint density at radius 3 is 2.48 bits per heavy atom. The van der Waals surface area contributed by atoms with E-state index < -0.39 is 11.8 Å². The van der Waals surface area contributed by atoms with Gasteiger partial charge in [-0.2, -0.15) is 0 Å². The molecule has 0 radical (unpaired) electrons. The zero-order valence-electron chi connectivity index (χ0n) is 14.8. The van der Waals surface area contributed by atoms with E-state index in [0.717, 1.165) is 17.7 Å². The third-order valence-electron chi connectivity index (χ3n) is 3.79. The minimum atomic E-state index is -0.950. The number of rotatable bonds is 7. The number of nitrogens with one attached hydrogen (secondary N) is 1. The molecule has 1 rings (SSSR count). The molecule has 0 aliphatic rings. The summed E-state index contributed by atoms with van der Waals surface area (Å²) in [5.74, 6) is -0.289. The number of carbonyl (C=O) groups excluding carboxylic acids is 1. The van der Waals surface area contributed by atoms with Crippen LogP contribution in [0.1, 0.15) is 52.5 Å². The molecule has 0 aromatic heterocycles. The third-order valence-corrected chi connectivity index (χ3v) is 3.79. The van der Waals surface area contributed by atoms with Crippen LogP contribution in [0, 0.1) is 5.92 Å². The average Bonchev–Trinajstić information content (AvgIpc) is 2.44. The Bertz CT molecular complexity index is 509. The fourth-order valence-corrected chi connectivity index (χ4v) is 2.57. The van der Waals surface area contributed by atoms with E-state index in [9.17, 15) is 9.90 Å². The third kappa shape index (κ3) is 6.20. The lowest BCUT2D eigenvalue weighted by atomic mass is 9.83. The molecule has 0 bridgehead atoms. The molecule has 0 amide bonds. The highest BCUT2D eigenvalue weighted by atomic mass is 16.6. The summed E-state index contributed by atoms with van der Waals surface area (Å²) >= 11 is 0. The molecule has 5 heteroatoms. The Kier molecular flexibility index (Phi) is 7.03. The molecular formula is C18H30N2O3. The van der Waals surface area contributed by atoms with Crippen LogP contribution in [0.5, 0.6) is 0 Å². The molecule has 0 saturated heterocycles. The first-order valence-electron chi connectivity index (χ1n) is 8.14. The van der Waals surface area contributed by atoms with Crippen molar-refractivity contribution in [2.75, 3.05) is 11.9 Å². The van der Waals surface area contributed by atoms with E-state index in [0.29, 0.717) is 0 Å². The first-order chi connectivity index (χ1) is 10.7. The minimum absolute atomic E-state index is 0.0716. The van der Waals surface area contributed by atoms with Gasteiger partial charge >= 0.3 is 5.97 Å². The van der Waals surface area contributed by atoms with Crippen molar-refractivity contribution in [3.8, 4) is 0 Å². The van der Waals surface area contributed by atoms with Crippen LogP contribution in [0.4, 0.5) is 5.69 Å². The molecule has 23 heavy (non-hydrogen) atoms. The van der Waals surface area contributed by atoms with Crippen molar-refractivity contribution in [3.05, 3.63) is 29.8 Å². The van der Waals surface area contributed by atoms with Gasteiger partial charge in [-0.15, -0.1) is 0 Å². The minimum Gasteiger partial charge on any atom is -0.459 e. The van der Waals surface area contributed by atoms with Crippen molar-refractivity contribution in [1.82, 2.24) is 0 Å². The van der Waals surface area contributed by atoms with Crippen LogP contribution in [-0.2, 0) is 9.53 Å². The predicted molar refractivity (Wildman–Crippen MR) is 93.2 cm³/mol. The summed E-state index contributed by atoms with van der Waals surface area (Å²) in [5, 5.41) is 13.1. The summed E-state index contributed by atoms with van der Waals surface area (Å²) in [6, 6.07) is 7.62. The number of ether oxygens (including phenoxy) is 1. The number of anilines is 1. The summed E-state index contributed by atoms with van der Waals surface area (Å²) in [7, 11) is 0. The molecule has 0 spiro atoms. The summed E-state index contributed by atoms with van der Waals surface area (Å²) in [4.78, 5) is 11.9. The van der Waals surface area contributed by atoms with Crippen molar-refractivity contribution >= 4 is 11.7 Å². The predicted octanol–water partition coefficient (Wildman–Crippen LogP) is 2.85. The van der Waals surface area contributed by atoms with E-state index in [2.05, 4.69) is 19.2 Å². The normalized spacial score (nSPS) is 15.6. The number of benzene rings is 1. The standard InChI is InChI=1S/C18H30N2O3/c1-6-12(2)16(17(19)22)13-9-7-8-10-14(13)20-11-15(21)23-18(3,4)5/h7-10,12,16-17,20,22H,6,11,19H2,1-5H3. The molecule has 0 aliphatic carbocycles. The Morgan fingerprint density at radius 2 is 1.96 bits per heavy atom. The van der Waals surface area contributed by atoms with Gasteiger partial charge in [-0.05, 0) is 38.3 Å². The smallest absolute Gasteiger partial charge is 0.325 e. The van der Waals surface area contributed by atoms with Gasteiger partial charge in [-0.3, -0.25) is 4.79 Å². The van der Waals surface area contributed by atoms with Gasteiger partial charge in [0.05, 0.1) is 0 Å². The summed E-state index contributed by atoms with van der Waals surface area (Å²) in [6.07, 6.45) is -0.0475. The molecule has 0 saturated carbocycles. The quantitative estimate of drug-likeness (QED) is 0.531. The number of para-hydroxylation sites is 1. The van der Waals surface area contributed by atoms with Gasteiger partial charge < -0.3 is 20.9 Å². The molecule has 5 nitrogen and oxygen atoms in total. The lowest BCUT2D eigenvalue weighted by molar-refractivity contribution is -0.152. The van der Waals surface area contributed by atoms with Crippen molar-refractivity contribution in [1.29, 1.82) is 0 Å². The Labute approximate surface area is 139 Å². The summed E-state index contributed by atoms with van der Waals surface area (Å²) in [5.41, 5.74) is 7.00. The Morgan fingerprint density at radius 1 is 1.35 bits per heavy atom. The maximum absolute atomic E-state index is 11.9. The lowest BCUT2D eigenvalue weighted by Gasteiger charge is -2.28. The molecular weight excluding hydrogens is 292 g/mol. The number of aliphatic hydroxyl groups excluding tert-OH is 1. The van der Waals surface area contributed by atoms with E-state index in [1.54, 1.807) is 0 Å². The molecule has 4 N–H and O–H groups in total. The van der Waals surface area contributed by atoms with E-state index in [1.165, 1.54) is 0 Å². The van der Waals surface area contributed by atoms with Gasteiger partial charge in [-0.25, -0.2) is 0 Å². The molecule has 3 unspecified atom stereocenters. The maximum Gasteiger partial charge on any atom is 0.325 e. The van der Waals surface area contributed by atoms with Gasteiger partial charge in [0.2, 0.25) is 0 Å². The fraction of sp³-hybridized carbons (Fsp3) is 0.611. The second-order valence-corrected chi connectivity index (χ2v) is 6.93. The van der Waals surface area contributed by atoms with Gasteiger partial charge in [-0.1, -0.05) is 38.5 Å². The maximum atomic E-state index is 11.9. The van der Waals surface area contributed by atoms with Crippen LogP contribution in [0.3, 0.4) is 0 Å². The van der Waals surface area contributed by atoms with E-state index in [-0.39, 0.29) is 24.3 Å². The highest BCUT2D eigenvalue weighted by molar-refractivity contribution is 5.76. The number of aliphatic hydroxyl groups is 1. The number of nitrogens with two attached hydrogens (primary N) is 1. The SMILES string of the molecule is CCC(C)C(c1ccccc1NCC(=O)OC(C)(C)C)C(N)O. The molecule has 0 fully saturated rings. The van der Waals surface area contributed by atoms with Crippen LogP contribution in [0.25, 0.3) is 0 Å². The van der Waals surface area contributed by atoms with Crippen molar-refractivity contribution in [2.24, 2.45) is 11.7 Å². The Balaban J connectivity index is 2.90. The molecule has 0 heterocycles. The largest absolute Gasteiger partial charge is 0.459 e. The molecule has 0 aliphatic heterocycles. The molecule has 1 aromatic rings. The number of esters is 1. The van der Waals surface area contributed by atoms with Gasteiger partial charge in [0.25, 0.3) is 0 Å². The van der Waals surface area contributed by atoms with Crippen LogP contribution >= 0.6 is 0 Å². The van der Waals surface area contributed by atoms with Crippen LogP contribution in [-0.4, -0.2) is 29.4 Å². The van der Waals surface area contributed by atoms with Gasteiger partial charge in [0.15, 0.2) is 0 Å². The van der Waals surface area contributed by atoms with Crippen molar-refractivity contribution in [3.63, 3.8) is 0 Å². The molecule has 3 atom stereocenters. The van der Waals surface area contributed by atoms with Crippen molar-refractivity contribution < 1.29 is 14.6 Å². The second-order valence-electron chi connectivity index (χ2n) is 6.93. The van der Waals surface area contributed by atoms with Crippen molar-refractivity contribution in [2.45, 2.75) is 58.8 Å². The van der Waals surface area contributed by atoms with E-state index in [1.807, 2.05) is 45.0 Å². The van der Waals surface area contributed by atoms with Crippen LogP contribution in [0.2, 0.25) is 0 Å². The first kappa shape index (κ1) is 19.5. The lowest BCUT2D eigenvalue weighted by Crippen LogP contribution is -2.33. The highest BCUT2D eigenvalue weighted by Crippen LogP contribution is 2.33. The number of hydrogen-bond donors (Lipinski definition) is 3. The monoisotopic (exact) mass is 322 g/mol. The zero-order valence-corrected chi connectivity index (χ0v) is 14.8. The topological polar surface area (TPSA) is 84.6 Å². The summed E-state index contributed by atoms with van der Waals surface area (Å²) in [6.45, 7) is 9.71.